The highest BCUT2D eigenvalue weighted by Gasteiger charge is 2.57. The van der Waals surface area contributed by atoms with E-state index in [1.165, 1.54) is 0 Å². The number of aryl methyl sites for hydroxylation is 1. The second-order valence-electron chi connectivity index (χ2n) is 7.21. The first-order chi connectivity index (χ1) is 14.0. The minimum atomic E-state index is -0.679. The minimum Gasteiger partial charge on any atom is -0.454 e. The zero-order chi connectivity index (χ0) is 20.4. The molecule has 7 heteroatoms. The number of hydrogen-bond donors (Lipinski definition) is 1. The van der Waals surface area contributed by atoms with Crippen LogP contribution < -0.4 is 5.32 Å². The fraction of sp³-hybridized carbons (Fsp3) is 0.318. The highest BCUT2D eigenvalue weighted by Crippen LogP contribution is 2.54. The molecule has 0 spiro atoms. The fourth-order valence-electron chi connectivity index (χ4n) is 3.95. The summed E-state index contributed by atoms with van der Waals surface area (Å²) in [6.45, 7) is 1.51. The van der Waals surface area contributed by atoms with Crippen molar-refractivity contribution in [1.29, 1.82) is 0 Å². The Hall–Kier alpha value is -2.80. The van der Waals surface area contributed by atoms with Gasteiger partial charge < -0.3 is 15.0 Å². The van der Waals surface area contributed by atoms with E-state index >= 15 is 0 Å². The van der Waals surface area contributed by atoms with E-state index in [9.17, 15) is 14.4 Å². The highest BCUT2D eigenvalue weighted by molar-refractivity contribution is 8.00. The average molecular weight is 410 g/mol. The molecule has 2 amide bonds. The largest absolute Gasteiger partial charge is 0.454 e. The van der Waals surface area contributed by atoms with E-state index in [0.29, 0.717) is 24.3 Å². The third kappa shape index (κ3) is 3.62. The summed E-state index contributed by atoms with van der Waals surface area (Å²) in [7, 11) is 0. The molecular weight excluding hydrogens is 388 g/mol. The van der Waals surface area contributed by atoms with Crippen LogP contribution >= 0.6 is 11.8 Å². The summed E-state index contributed by atoms with van der Waals surface area (Å²) in [5, 5.41) is 2.74. The molecule has 2 aliphatic rings. The van der Waals surface area contributed by atoms with Gasteiger partial charge in [0, 0.05) is 17.9 Å². The van der Waals surface area contributed by atoms with Crippen LogP contribution in [0.25, 0.3) is 0 Å². The Morgan fingerprint density at radius 2 is 1.90 bits per heavy atom. The summed E-state index contributed by atoms with van der Waals surface area (Å²) in [4.78, 5) is 38.6. The van der Waals surface area contributed by atoms with E-state index in [0.717, 1.165) is 11.1 Å². The van der Waals surface area contributed by atoms with Gasteiger partial charge in [0.1, 0.15) is 10.9 Å². The Morgan fingerprint density at radius 3 is 2.66 bits per heavy atom. The van der Waals surface area contributed by atoms with Crippen LogP contribution in [-0.2, 0) is 24.0 Å². The highest BCUT2D eigenvalue weighted by atomic mass is 32.2. The summed E-state index contributed by atoms with van der Waals surface area (Å²) < 4.78 is 5.28. The first-order valence-corrected chi connectivity index (χ1v) is 10.5. The van der Waals surface area contributed by atoms with Crippen molar-refractivity contribution in [1.82, 2.24) is 4.90 Å². The molecule has 2 fully saturated rings. The number of fused-ring (bicyclic) bond motifs is 1. The third-order valence-corrected chi connectivity index (χ3v) is 6.99. The van der Waals surface area contributed by atoms with Crippen LogP contribution in [0.2, 0.25) is 0 Å². The van der Waals surface area contributed by atoms with Crippen LogP contribution in [-0.4, -0.2) is 41.1 Å². The summed E-state index contributed by atoms with van der Waals surface area (Å²) in [5.74, 6) is -0.533. The molecule has 2 saturated heterocycles. The first kappa shape index (κ1) is 19.5. The van der Waals surface area contributed by atoms with Crippen molar-refractivity contribution in [2.24, 2.45) is 0 Å². The molecule has 0 aliphatic carbocycles. The SMILES string of the molecule is Cc1ccccc1NC(=O)COC(=O)[C@@H]1CS[C@]2(c3ccccc3)CCC(=O)N12. The molecule has 2 aromatic rings. The maximum absolute atomic E-state index is 12.7. The normalized spacial score (nSPS) is 23.0. The van der Waals surface area contributed by atoms with Gasteiger partial charge in [0.25, 0.3) is 5.91 Å². The molecule has 6 nitrogen and oxygen atoms in total. The van der Waals surface area contributed by atoms with Gasteiger partial charge in [-0.2, -0.15) is 0 Å². The molecule has 0 aromatic heterocycles. The summed E-state index contributed by atoms with van der Waals surface area (Å²) in [6.07, 6.45) is 1.07. The van der Waals surface area contributed by atoms with E-state index in [1.807, 2.05) is 55.5 Å². The molecule has 2 aliphatic heterocycles. The predicted octanol–water partition coefficient (Wildman–Crippen LogP) is 3.07. The van der Waals surface area contributed by atoms with Gasteiger partial charge in [-0.05, 0) is 30.5 Å². The van der Waals surface area contributed by atoms with Gasteiger partial charge in [-0.25, -0.2) is 4.79 Å². The number of rotatable bonds is 5. The molecule has 1 N–H and O–H groups in total. The summed E-state index contributed by atoms with van der Waals surface area (Å²) >= 11 is 1.60. The van der Waals surface area contributed by atoms with Crippen LogP contribution in [0, 0.1) is 6.92 Å². The van der Waals surface area contributed by atoms with E-state index in [1.54, 1.807) is 22.7 Å². The number of esters is 1. The van der Waals surface area contributed by atoms with E-state index in [-0.39, 0.29) is 12.5 Å². The van der Waals surface area contributed by atoms with Crippen LogP contribution in [0.3, 0.4) is 0 Å². The standard InChI is InChI=1S/C22H22N2O4S/c1-15-7-5-6-10-17(15)23-19(25)13-28-21(27)18-14-29-22(12-11-20(26)24(18)22)16-8-3-2-4-9-16/h2-10,18H,11-14H2,1H3,(H,23,25)/t18-,22-/m0/s1. The number of thioether (sulfide) groups is 1. The molecule has 0 bridgehead atoms. The Morgan fingerprint density at radius 1 is 1.17 bits per heavy atom. The predicted molar refractivity (Wildman–Crippen MR) is 111 cm³/mol. The maximum atomic E-state index is 12.7. The number of benzene rings is 2. The lowest BCUT2D eigenvalue weighted by Crippen LogP contribution is -2.47. The van der Waals surface area contributed by atoms with Gasteiger partial charge >= 0.3 is 5.97 Å². The molecular formula is C22H22N2O4S. The molecule has 4 rings (SSSR count). The lowest BCUT2D eigenvalue weighted by atomic mass is 10.0. The molecule has 150 valence electrons. The first-order valence-electron chi connectivity index (χ1n) is 9.55. The van der Waals surface area contributed by atoms with Gasteiger partial charge in [-0.1, -0.05) is 48.5 Å². The fourth-order valence-corrected chi connectivity index (χ4v) is 5.58. The Kier molecular flexibility index (Phi) is 5.32. The Bertz CT molecular complexity index is 949. The van der Waals surface area contributed by atoms with Crippen molar-refractivity contribution < 1.29 is 19.1 Å². The Labute approximate surface area is 173 Å². The number of carbonyl (C=O) groups excluding carboxylic acids is 3. The van der Waals surface area contributed by atoms with Crippen molar-refractivity contribution in [3.8, 4) is 0 Å². The van der Waals surface area contributed by atoms with Crippen molar-refractivity contribution >= 4 is 35.2 Å². The number of anilines is 1. The lowest BCUT2D eigenvalue weighted by molar-refractivity contribution is -0.155. The zero-order valence-electron chi connectivity index (χ0n) is 16.1. The number of nitrogens with one attached hydrogen (secondary N) is 1. The van der Waals surface area contributed by atoms with Crippen molar-refractivity contribution in [2.45, 2.75) is 30.7 Å². The molecule has 0 saturated carbocycles. The lowest BCUT2D eigenvalue weighted by Gasteiger charge is -2.33. The second kappa shape index (κ2) is 7.91. The van der Waals surface area contributed by atoms with Gasteiger partial charge in [0.2, 0.25) is 5.91 Å². The van der Waals surface area contributed by atoms with Crippen LogP contribution in [0.5, 0.6) is 0 Å². The number of nitrogens with zero attached hydrogens (tertiary/aromatic N) is 1. The average Bonchev–Trinajstić information content (AvgIpc) is 3.28. The molecule has 29 heavy (non-hydrogen) atoms. The molecule has 0 radical (unpaired) electrons. The van der Waals surface area contributed by atoms with Crippen molar-refractivity contribution in [2.75, 3.05) is 17.7 Å². The number of carbonyl (C=O) groups is 3. The molecule has 2 aromatic carbocycles. The monoisotopic (exact) mass is 410 g/mol. The topological polar surface area (TPSA) is 75.7 Å². The van der Waals surface area contributed by atoms with Crippen LogP contribution in [0.4, 0.5) is 5.69 Å². The van der Waals surface area contributed by atoms with E-state index in [2.05, 4.69) is 5.32 Å². The van der Waals surface area contributed by atoms with Crippen LogP contribution in [0.15, 0.2) is 54.6 Å². The smallest absolute Gasteiger partial charge is 0.330 e. The van der Waals surface area contributed by atoms with E-state index < -0.39 is 22.8 Å². The minimum absolute atomic E-state index is 0.0508. The molecule has 0 unspecified atom stereocenters. The Balaban J connectivity index is 1.42. The zero-order valence-corrected chi connectivity index (χ0v) is 16.9. The third-order valence-electron chi connectivity index (χ3n) is 5.39. The van der Waals surface area contributed by atoms with E-state index in [4.69, 9.17) is 4.74 Å². The van der Waals surface area contributed by atoms with Gasteiger partial charge in [0.15, 0.2) is 6.61 Å². The van der Waals surface area contributed by atoms with Gasteiger partial charge in [-0.3, -0.25) is 9.59 Å². The summed E-state index contributed by atoms with van der Waals surface area (Å²) in [6, 6.07) is 16.5. The number of para-hydroxylation sites is 1. The quantitative estimate of drug-likeness (QED) is 0.767. The van der Waals surface area contributed by atoms with Crippen LogP contribution in [0.1, 0.15) is 24.0 Å². The number of amides is 2. The number of hydrogen-bond acceptors (Lipinski definition) is 5. The maximum Gasteiger partial charge on any atom is 0.330 e. The van der Waals surface area contributed by atoms with Gasteiger partial charge in [0.05, 0.1) is 0 Å². The molecule has 2 heterocycles. The summed E-state index contributed by atoms with van der Waals surface area (Å²) in [5.41, 5.74) is 2.63. The second-order valence-corrected chi connectivity index (χ2v) is 8.51. The molecule has 2 atom stereocenters. The van der Waals surface area contributed by atoms with Gasteiger partial charge in [-0.15, -0.1) is 11.8 Å². The van der Waals surface area contributed by atoms with Crippen molar-refractivity contribution in [3.63, 3.8) is 0 Å². The van der Waals surface area contributed by atoms with Crippen molar-refractivity contribution in [3.05, 3.63) is 65.7 Å². The number of ether oxygens (including phenoxy) is 1.